The number of fused-ring (bicyclic) bond motifs is 2. The first-order chi connectivity index (χ1) is 17.8. The van der Waals surface area contributed by atoms with Crippen LogP contribution in [0.2, 0.25) is 25.7 Å². The van der Waals surface area contributed by atoms with Crippen molar-refractivity contribution >= 4 is 70.3 Å². The Hall–Kier alpha value is -3.33. The van der Waals surface area contributed by atoms with E-state index in [9.17, 15) is 4.79 Å². The summed E-state index contributed by atoms with van der Waals surface area (Å²) >= 11 is 3.52. The molecular weight excluding hydrogens is 544 g/mol. The number of amides is 1. The van der Waals surface area contributed by atoms with Crippen LogP contribution in [0.25, 0.3) is 34.7 Å². The van der Waals surface area contributed by atoms with Gasteiger partial charge in [-0.15, -0.1) is 0 Å². The summed E-state index contributed by atoms with van der Waals surface area (Å²) in [5.74, 6) is -0.0997. The fraction of sp³-hybridized carbons (Fsp3) is 0.207. The Kier molecular flexibility index (Phi) is 7.23. The van der Waals surface area contributed by atoms with Crippen LogP contribution >= 0.6 is 15.9 Å². The molecule has 0 saturated heterocycles. The van der Waals surface area contributed by atoms with Crippen molar-refractivity contribution in [3.05, 3.63) is 87.8 Å². The second kappa shape index (κ2) is 10.6. The monoisotopic (exact) mass is 572 g/mol. The maximum Gasteiger partial charge on any atom is 0.256 e. The van der Waals surface area contributed by atoms with Crippen molar-refractivity contribution in [3.63, 3.8) is 0 Å². The Morgan fingerprint density at radius 2 is 1.84 bits per heavy atom. The van der Waals surface area contributed by atoms with E-state index >= 15 is 0 Å². The first-order valence-corrected chi connectivity index (χ1v) is 16.8. The lowest BCUT2D eigenvalue weighted by molar-refractivity contribution is -0.110. The maximum absolute atomic E-state index is 12.7. The lowest BCUT2D eigenvalue weighted by Crippen LogP contribution is -2.22. The second-order valence-corrected chi connectivity index (χ2v) is 16.9. The number of hydrogen-bond donors (Lipinski definition) is 1. The van der Waals surface area contributed by atoms with Gasteiger partial charge in [0.1, 0.15) is 6.73 Å². The van der Waals surface area contributed by atoms with Crippen molar-refractivity contribution in [2.75, 3.05) is 11.9 Å². The van der Waals surface area contributed by atoms with Crippen molar-refractivity contribution in [1.29, 1.82) is 0 Å². The van der Waals surface area contributed by atoms with E-state index in [-0.39, 0.29) is 5.91 Å². The molecule has 2 aromatic carbocycles. The van der Waals surface area contributed by atoms with Crippen molar-refractivity contribution in [2.45, 2.75) is 32.4 Å². The molecule has 1 aliphatic rings. The number of hydrogen-bond acceptors (Lipinski definition) is 4. The van der Waals surface area contributed by atoms with Crippen molar-refractivity contribution in [3.8, 4) is 0 Å². The summed E-state index contributed by atoms with van der Waals surface area (Å²) in [5.41, 5.74) is 6.18. The molecule has 5 rings (SSSR count). The van der Waals surface area contributed by atoms with Crippen LogP contribution < -0.4 is 5.32 Å². The third-order valence-corrected chi connectivity index (χ3v) is 8.43. The maximum atomic E-state index is 12.7. The van der Waals surface area contributed by atoms with Gasteiger partial charge in [-0.25, -0.2) is 4.68 Å². The average molecular weight is 574 g/mol. The zero-order valence-electron chi connectivity index (χ0n) is 21.2. The van der Waals surface area contributed by atoms with Gasteiger partial charge in [0.15, 0.2) is 0 Å². The van der Waals surface area contributed by atoms with E-state index in [1.165, 1.54) is 0 Å². The summed E-state index contributed by atoms with van der Waals surface area (Å²) < 4.78 is 8.89. The Balaban J connectivity index is 1.50. The second-order valence-electron chi connectivity index (χ2n) is 10.3. The number of ether oxygens (including phenoxy) is 1. The van der Waals surface area contributed by atoms with Gasteiger partial charge in [-0.05, 0) is 71.8 Å². The Labute approximate surface area is 226 Å². The van der Waals surface area contributed by atoms with Crippen LogP contribution in [0.4, 0.5) is 5.69 Å². The molecule has 37 heavy (non-hydrogen) atoms. The van der Waals surface area contributed by atoms with Gasteiger partial charge in [0.25, 0.3) is 5.91 Å². The standard InChI is InChI=1S/C29H29BrN4O2Si/c1-37(2,3)15-14-36-19-34-28-17-21(16-25-24-18-22(30)6-9-26(24)32-29(25)35)4-7-23(28)27(33-34)8-5-20-10-12-31-13-11-20/h4-13,16-18H,14-15,19H2,1-3H3,(H,32,35). The number of anilines is 1. The molecule has 6 nitrogen and oxygen atoms in total. The SMILES string of the molecule is C[Si](C)(C)CCOCn1nc(C=Cc2ccncc2)c2ccc(C=C3C(=O)Nc4ccc(Br)cc43)cc21. The highest BCUT2D eigenvalue weighted by atomic mass is 79.9. The fourth-order valence-corrected chi connectivity index (χ4v) is 5.30. The topological polar surface area (TPSA) is 69.0 Å². The molecule has 1 N–H and O–H groups in total. The van der Waals surface area contributed by atoms with Crippen LogP contribution in [-0.4, -0.2) is 35.4 Å². The summed E-state index contributed by atoms with van der Waals surface area (Å²) in [4.78, 5) is 16.8. The fourth-order valence-electron chi connectivity index (χ4n) is 4.18. The number of pyridine rings is 1. The molecule has 4 aromatic rings. The van der Waals surface area contributed by atoms with Crippen LogP contribution in [0.5, 0.6) is 0 Å². The van der Waals surface area contributed by atoms with E-state index in [4.69, 9.17) is 9.84 Å². The summed E-state index contributed by atoms with van der Waals surface area (Å²) in [6, 6.07) is 17.0. The highest BCUT2D eigenvalue weighted by Gasteiger charge is 2.24. The lowest BCUT2D eigenvalue weighted by Gasteiger charge is -2.15. The third-order valence-electron chi connectivity index (χ3n) is 6.23. The van der Waals surface area contributed by atoms with E-state index in [1.54, 1.807) is 12.4 Å². The predicted octanol–water partition coefficient (Wildman–Crippen LogP) is 7.17. The van der Waals surface area contributed by atoms with E-state index < -0.39 is 8.07 Å². The number of rotatable bonds is 8. The molecule has 8 heteroatoms. The van der Waals surface area contributed by atoms with Crippen LogP contribution in [-0.2, 0) is 16.3 Å². The minimum atomic E-state index is -1.18. The molecule has 0 spiro atoms. The molecule has 0 fully saturated rings. The minimum absolute atomic E-state index is 0.0997. The highest BCUT2D eigenvalue weighted by Crippen LogP contribution is 2.35. The van der Waals surface area contributed by atoms with Gasteiger partial charge in [0.05, 0.1) is 11.2 Å². The van der Waals surface area contributed by atoms with E-state index in [1.807, 2.05) is 59.3 Å². The summed E-state index contributed by atoms with van der Waals surface area (Å²) in [7, 11) is -1.18. The summed E-state index contributed by atoms with van der Waals surface area (Å²) in [6.45, 7) is 8.13. The molecule has 188 valence electrons. The average Bonchev–Trinajstić information content (AvgIpc) is 3.37. The first-order valence-electron chi connectivity index (χ1n) is 12.3. The zero-order valence-corrected chi connectivity index (χ0v) is 23.7. The molecule has 1 aliphatic heterocycles. The van der Waals surface area contributed by atoms with E-state index in [0.717, 1.165) is 56.1 Å². The summed E-state index contributed by atoms with van der Waals surface area (Å²) in [6.07, 6.45) is 9.54. The molecule has 0 aliphatic carbocycles. The van der Waals surface area contributed by atoms with Crippen LogP contribution in [0.3, 0.4) is 0 Å². The van der Waals surface area contributed by atoms with Gasteiger partial charge in [-0.3, -0.25) is 9.78 Å². The Bertz CT molecular complexity index is 1520. The van der Waals surface area contributed by atoms with Gasteiger partial charge in [-0.2, -0.15) is 5.10 Å². The van der Waals surface area contributed by atoms with Gasteiger partial charge >= 0.3 is 0 Å². The molecule has 1 amide bonds. The normalized spacial score (nSPS) is 14.6. The van der Waals surface area contributed by atoms with E-state index in [0.29, 0.717) is 12.3 Å². The largest absolute Gasteiger partial charge is 0.360 e. The first kappa shape index (κ1) is 25.3. The summed E-state index contributed by atoms with van der Waals surface area (Å²) in [5, 5.41) is 8.85. The highest BCUT2D eigenvalue weighted by molar-refractivity contribution is 9.10. The van der Waals surface area contributed by atoms with Crippen molar-refractivity contribution < 1.29 is 9.53 Å². The molecule has 2 aromatic heterocycles. The van der Waals surface area contributed by atoms with Crippen LogP contribution in [0.15, 0.2) is 65.4 Å². The number of benzene rings is 2. The van der Waals surface area contributed by atoms with Gasteiger partial charge in [0.2, 0.25) is 0 Å². The van der Waals surface area contributed by atoms with Gasteiger partial charge in [-0.1, -0.05) is 47.7 Å². The van der Waals surface area contributed by atoms with Gasteiger partial charge < -0.3 is 10.1 Å². The number of carbonyl (C=O) groups excluding carboxylic acids is 1. The zero-order chi connectivity index (χ0) is 26.0. The van der Waals surface area contributed by atoms with Crippen LogP contribution in [0, 0.1) is 0 Å². The number of nitrogens with zero attached hydrogens (tertiary/aromatic N) is 3. The molecule has 0 bridgehead atoms. The van der Waals surface area contributed by atoms with E-state index in [2.05, 4.69) is 58.0 Å². The third kappa shape index (κ3) is 5.98. The van der Waals surface area contributed by atoms with Gasteiger partial charge in [0, 0.05) is 53.8 Å². The predicted molar refractivity (Wildman–Crippen MR) is 158 cm³/mol. The van der Waals surface area contributed by atoms with Crippen molar-refractivity contribution in [2.24, 2.45) is 0 Å². The number of halogens is 1. The number of carbonyl (C=O) groups is 1. The Morgan fingerprint density at radius 3 is 2.62 bits per heavy atom. The molecular formula is C29H29BrN4O2Si. The number of nitrogens with one attached hydrogen (secondary N) is 1. The smallest absolute Gasteiger partial charge is 0.256 e. The van der Waals surface area contributed by atoms with Crippen LogP contribution in [0.1, 0.15) is 22.4 Å². The quantitative estimate of drug-likeness (QED) is 0.138. The molecule has 0 radical (unpaired) electrons. The molecule has 0 atom stereocenters. The van der Waals surface area contributed by atoms with Crippen molar-refractivity contribution in [1.82, 2.24) is 14.8 Å². The molecule has 3 heterocycles. The Morgan fingerprint density at radius 1 is 1.03 bits per heavy atom. The minimum Gasteiger partial charge on any atom is -0.360 e. The molecule has 0 saturated carbocycles. The lowest BCUT2D eigenvalue weighted by atomic mass is 10.0. The molecule has 0 unspecified atom stereocenters. The number of aromatic nitrogens is 3.